The number of rotatable bonds is 7. The predicted molar refractivity (Wildman–Crippen MR) is 143 cm³/mol. The van der Waals surface area contributed by atoms with E-state index < -0.39 is 17.7 Å². The third kappa shape index (κ3) is 6.41. The van der Waals surface area contributed by atoms with Crippen LogP contribution in [0.2, 0.25) is 0 Å². The predicted octanol–water partition coefficient (Wildman–Crippen LogP) is 2.41. The largest absolute Gasteiger partial charge is 0.460 e. The Hall–Kier alpha value is -4.12. The number of aromatic amines is 1. The average Bonchev–Trinajstić information content (AvgIpc) is 3.54. The van der Waals surface area contributed by atoms with E-state index in [1.165, 1.54) is 0 Å². The lowest BCUT2D eigenvalue weighted by atomic mass is 9.98. The summed E-state index contributed by atoms with van der Waals surface area (Å²) in [5.74, 6) is -1.02. The molecule has 4 amide bonds. The molecule has 11 nitrogen and oxygen atoms in total. The lowest BCUT2D eigenvalue weighted by Crippen LogP contribution is -2.39. The Labute approximate surface area is 220 Å². The number of nitrogens with two attached hydrogens (primary N) is 1. The van der Waals surface area contributed by atoms with Crippen LogP contribution in [-0.2, 0) is 32.1 Å². The first-order valence-corrected chi connectivity index (χ1v) is 12.5. The number of amides is 4. The highest BCUT2D eigenvalue weighted by Gasteiger charge is 2.36. The van der Waals surface area contributed by atoms with Crippen molar-refractivity contribution < 1.29 is 23.9 Å². The Morgan fingerprint density at radius 1 is 1.18 bits per heavy atom. The highest BCUT2D eigenvalue weighted by atomic mass is 16.6. The number of aromatic nitrogens is 1. The average molecular weight is 523 g/mol. The molecule has 3 heterocycles. The molecular weight excluding hydrogens is 488 g/mol. The molecule has 2 aliphatic heterocycles. The molecule has 0 aliphatic carbocycles. The number of hydrogen-bond acceptors (Lipinski definition) is 6. The maximum Gasteiger partial charge on any atom is 0.316 e. The molecule has 1 aromatic heterocycles. The summed E-state index contributed by atoms with van der Waals surface area (Å²) in [6.07, 6.45) is 2.70. The molecule has 2 aromatic rings. The van der Waals surface area contributed by atoms with Crippen molar-refractivity contribution in [1.29, 1.82) is 0 Å². The Bertz CT molecular complexity index is 1310. The van der Waals surface area contributed by atoms with Crippen LogP contribution in [0.1, 0.15) is 50.9 Å². The number of fused-ring (bicyclic) bond motifs is 1. The topological polar surface area (TPSA) is 167 Å². The van der Waals surface area contributed by atoms with Crippen LogP contribution in [0.5, 0.6) is 0 Å². The minimum atomic E-state index is -0.679. The second-order valence-electron chi connectivity index (χ2n) is 10.7. The molecule has 7 N–H and O–H groups in total. The van der Waals surface area contributed by atoms with Gasteiger partial charge in [0.15, 0.2) is 0 Å². The third-order valence-electron chi connectivity index (χ3n) is 6.37. The van der Waals surface area contributed by atoms with Crippen LogP contribution in [0.4, 0.5) is 16.2 Å². The van der Waals surface area contributed by atoms with E-state index >= 15 is 0 Å². The molecule has 2 aliphatic rings. The lowest BCUT2D eigenvalue weighted by molar-refractivity contribution is -0.159. The Kier molecular flexibility index (Phi) is 7.58. The van der Waals surface area contributed by atoms with Crippen LogP contribution in [0.15, 0.2) is 36.0 Å². The Morgan fingerprint density at radius 3 is 2.66 bits per heavy atom. The number of carbonyl (C=O) groups is 4. The second-order valence-corrected chi connectivity index (χ2v) is 10.7. The number of primary amides is 1. The molecule has 4 rings (SSSR count). The van der Waals surface area contributed by atoms with E-state index in [2.05, 4.69) is 26.3 Å². The molecule has 1 aromatic carbocycles. The monoisotopic (exact) mass is 522 g/mol. The maximum absolute atomic E-state index is 12.7. The summed E-state index contributed by atoms with van der Waals surface area (Å²) in [5.41, 5.74) is 9.69. The standard InChI is InChI=1S/C27H34N6O5/c1-14(22-19-10-17(32-26(28)37)5-6-20(19)33-24(22)35)7-18-8-15(11-29-18)12-31-23(34)21-9-16(13-30-21)25(36)38-27(2,3)4/h5-6,8,10-11,16,21,29-30H,7,9,12-13H2,1-4H3,(H,31,34)(H,33,35)(H3,28,32,37)/b22-14-. The minimum absolute atomic E-state index is 0.170. The smallest absolute Gasteiger partial charge is 0.316 e. The zero-order valence-corrected chi connectivity index (χ0v) is 22.0. The SMILES string of the molecule is C/C(Cc1cc(CNC(=O)C2CC(C(=O)OC(C)(C)C)CN2)c[nH]1)=C1/C(=O)Nc2ccc(NC(N)=O)cc21. The van der Waals surface area contributed by atoms with Crippen molar-refractivity contribution in [3.8, 4) is 0 Å². The molecule has 2 unspecified atom stereocenters. The summed E-state index contributed by atoms with van der Waals surface area (Å²) in [5, 5.41) is 11.4. The fourth-order valence-corrected chi connectivity index (χ4v) is 4.69. The number of benzene rings is 1. The minimum Gasteiger partial charge on any atom is -0.460 e. The van der Waals surface area contributed by atoms with Gasteiger partial charge in [-0.1, -0.05) is 5.57 Å². The van der Waals surface area contributed by atoms with Gasteiger partial charge >= 0.3 is 12.0 Å². The maximum atomic E-state index is 12.7. The van der Waals surface area contributed by atoms with Gasteiger partial charge in [-0.3, -0.25) is 14.4 Å². The number of ether oxygens (including phenoxy) is 1. The van der Waals surface area contributed by atoms with Gasteiger partial charge in [0.05, 0.1) is 12.0 Å². The first-order chi connectivity index (χ1) is 17.9. The normalized spacial score (nSPS) is 19.9. The van der Waals surface area contributed by atoms with Gasteiger partial charge in [0.1, 0.15) is 5.60 Å². The van der Waals surface area contributed by atoms with Crippen molar-refractivity contribution in [2.24, 2.45) is 11.7 Å². The quantitative estimate of drug-likeness (QED) is 0.241. The fourth-order valence-electron chi connectivity index (χ4n) is 4.69. The van der Waals surface area contributed by atoms with Gasteiger partial charge in [0.25, 0.3) is 5.91 Å². The van der Waals surface area contributed by atoms with Gasteiger partial charge < -0.3 is 36.7 Å². The third-order valence-corrected chi connectivity index (χ3v) is 6.37. The highest BCUT2D eigenvalue weighted by Crippen LogP contribution is 2.36. The Balaban J connectivity index is 1.34. The molecule has 11 heteroatoms. The number of H-pyrrole nitrogens is 1. The molecule has 0 saturated carbocycles. The first kappa shape index (κ1) is 26.9. The molecule has 38 heavy (non-hydrogen) atoms. The van der Waals surface area contributed by atoms with E-state index in [4.69, 9.17) is 10.5 Å². The van der Waals surface area contributed by atoms with Crippen LogP contribution >= 0.6 is 0 Å². The van der Waals surface area contributed by atoms with E-state index in [1.54, 1.807) is 18.2 Å². The van der Waals surface area contributed by atoms with Crippen LogP contribution in [0.25, 0.3) is 5.57 Å². The lowest BCUT2D eigenvalue weighted by Gasteiger charge is -2.21. The van der Waals surface area contributed by atoms with Crippen LogP contribution in [0.3, 0.4) is 0 Å². The highest BCUT2D eigenvalue weighted by molar-refractivity contribution is 6.32. The number of urea groups is 1. The summed E-state index contributed by atoms with van der Waals surface area (Å²) in [6, 6.07) is 5.93. The van der Waals surface area contributed by atoms with Gasteiger partial charge in [-0.2, -0.15) is 0 Å². The number of esters is 1. The molecule has 1 fully saturated rings. The molecule has 0 spiro atoms. The van der Waals surface area contributed by atoms with Gasteiger partial charge in [-0.25, -0.2) is 4.79 Å². The van der Waals surface area contributed by atoms with E-state index in [9.17, 15) is 19.2 Å². The number of hydrogen-bond donors (Lipinski definition) is 6. The molecule has 0 bridgehead atoms. The molecule has 2 atom stereocenters. The van der Waals surface area contributed by atoms with Crippen LogP contribution < -0.4 is 27.0 Å². The van der Waals surface area contributed by atoms with Crippen molar-refractivity contribution in [3.63, 3.8) is 0 Å². The van der Waals surface area contributed by atoms with Crippen molar-refractivity contribution >= 4 is 40.8 Å². The van der Waals surface area contributed by atoms with E-state index in [-0.39, 0.29) is 23.7 Å². The summed E-state index contributed by atoms with van der Waals surface area (Å²) < 4.78 is 5.43. The zero-order valence-electron chi connectivity index (χ0n) is 22.0. The molecule has 0 radical (unpaired) electrons. The summed E-state index contributed by atoms with van der Waals surface area (Å²) in [7, 11) is 0. The van der Waals surface area contributed by atoms with Gasteiger partial charge in [0.2, 0.25) is 5.91 Å². The van der Waals surface area contributed by atoms with Gasteiger partial charge in [0, 0.05) is 53.9 Å². The van der Waals surface area contributed by atoms with Gasteiger partial charge in [-0.15, -0.1) is 0 Å². The van der Waals surface area contributed by atoms with E-state index in [0.29, 0.717) is 48.4 Å². The first-order valence-electron chi connectivity index (χ1n) is 12.5. The molecule has 202 valence electrons. The summed E-state index contributed by atoms with van der Waals surface area (Å²) in [4.78, 5) is 52.0. The summed E-state index contributed by atoms with van der Waals surface area (Å²) in [6.45, 7) is 8.08. The van der Waals surface area contributed by atoms with Gasteiger partial charge in [-0.05, 0) is 63.9 Å². The molecular formula is C27H34N6O5. The number of nitrogens with one attached hydrogen (secondary N) is 5. The van der Waals surface area contributed by atoms with Crippen molar-refractivity contribution in [2.45, 2.75) is 58.7 Å². The van der Waals surface area contributed by atoms with Crippen molar-refractivity contribution in [1.82, 2.24) is 15.6 Å². The number of carbonyl (C=O) groups excluding carboxylic acids is 4. The van der Waals surface area contributed by atoms with Crippen molar-refractivity contribution in [2.75, 3.05) is 17.2 Å². The number of anilines is 2. The number of allylic oxidation sites excluding steroid dienone is 1. The Morgan fingerprint density at radius 2 is 1.95 bits per heavy atom. The fraction of sp³-hybridized carbons (Fsp3) is 0.407. The second kappa shape index (κ2) is 10.7. The van der Waals surface area contributed by atoms with E-state index in [1.807, 2.05) is 40.0 Å². The zero-order chi connectivity index (χ0) is 27.6. The summed E-state index contributed by atoms with van der Waals surface area (Å²) >= 11 is 0. The van der Waals surface area contributed by atoms with Crippen LogP contribution in [-0.4, -0.2) is 47.0 Å². The van der Waals surface area contributed by atoms with Crippen molar-refractivity contribution in [3.05, 3.63) is 52.9 Å². The van der Waals surface area contributed by atoms with E-state index in [0.717, 1.165) is 16.8 Å². The molecule has 1 saturated heterocycles. The van der Waals surface area contributed by atoms with Crippen LogP contribution in [0, 0.1) is 5.92 Å².